The third-order valence-corrected chi connectivity index (χ3v) is 4.27. The van der Waals surface area contributed by atoms with Gasteiger partial charge < -0.3 is 20.3 Å². The van der Waals surface area contributed by atoms with Crippen LogP contribution in [0.5, 0.6) is 11.5 Å². The summed E-state index contributed by atoms with van der Waals surface area (Å²) in [5, 5.41) is 25.8. The maximum absolute atomic E-state index is 14.2. The summed E-state index contributed by atoms with van der Waals surface area (Å²) < 4.78 is 33.9. The van der Waals surface area contributed by atoms with Crippen LogP contribution in [0.2, 0.25) is 0 Å². The second-order valence-electron chi connectivity index (χ2n) is 5.96. The molecule has 0 saturated carbocycles. The predicted octanol–water partition coefficient (Wildman–Crippen LogP) is 3.09. The summed E-state index contributed by atoms with van der Waals surface area (Å²) in [6.45, 7) is 0. The molecule has 0 aliphatic carbocycles. The van der Waals surface area contributed by atoms with Crippen LogP contribution in [-0.4, -0.2) is 17.2 Å². The molecule has 29 heavy (non-hydrogen) atoms. The zero-order chi connectivity index (χ0) is 21.0. The van der Waals surface area contributed by atoms with Crippen LogP contribution in [0.25, 0.3) is 11.5 Å². The Balaban J connectivity index is 2.11. The van der Waals surface area contributed by atoms with Gasteiger partial charge in [-0.05, 0) is 36.1 Å². The van der Waals surface area contributed by atoms with Gasteiger partial charge in [-0.15, -0.1) is 0 Å². The SMILES string of the molecule is COc1cccc(NC(=S)C(=C([O-])c2ccc(F)cc2F)[n+]2cccc(O)c2)c1. The number of nitrogens with one attached hydrogen (secondary N) is 1. The van der Waals surface area contributed by atoms with Crippen molar-refractivity contribution in [3.05, 3.63) is 84.2 Å². The number of nitrogens with zero attached hydrogens (tertiary/aromatic N) is 1. The van der Waals surface area contributed by atoms with Crippen molar-refractivity contribution < 1.29 is 28.3 Å². The van der Waals surface area contributed by atoms with Gasteiger partial charge in [0.25, 0.3) is 0 Å². The lowest BCUT2D eigenvalue weighted by molar-refractivity contribution is -0.578. The minimum atomic E-state index is -1.02. The number of ether oxygens (including phenoxy) is 1. The molecule has 0 amide bonds. The highest BCUT2D eigenvalue weighted by atomic mass is 32.1. The van der Waals surface area contributed by atoms with Gasteiger partial charge in [0.2, 0.25) is 11.9 Å². The van der Waals surface area contributed by atoms with Crippen molar-refractivity contribution in [1.82, 2.24) is 0 Å². The predicted molar refractivity (Wildman–Crippen MR) is 107 cm³/mol. The summed E-state index contributed by atoms with van der Waals surface area (Å²) in [5.74, 6) is -2.15. The summed E-state index contributed by atoms with van der Waals surface area (Å²) in [6.07, 6.45) is 2.74. The van der Waals surface area contributed by atoms with Gasteiger partial charge in [-0.2, -0.15) is 4.57 Å². The van der Waals surface area contributed by atoms with Gasteiger partial charge in [-0.25, -0.2) is 8.78 Å². The van der Waals surface area contributed by atoms with Crippen LogP contribution >= 0.6 is 12.2 Å². The third kappa shape index (κ3) is 4.67. The fourth-order valence-electron chi connectivity index (χ4n) is 2.63. The van der Waals surface area contributed by atoms with E-state index in [0.717, 1.165) is 12.1 Å². The van der Waals surface area contributed by atoms with Gasteiger partial charge in [0.05, 0.1) is 7.11 Å². The van der Waals surface area contributed by atoms with Gasteiger partial charge in [0, 0.05) is 29.4 Å². The number of hydrogen-bond acceptors (Lipinski definition) is 4. The molecule has 1 aromatic heterocycles. The molecule has 148 valence electrons. The van der Waals surface area contributed by atoms with Gasteiger partial charge in [0.15, 0.2) is 16.9 Å². The Hall–Kier alpha value is -3.52. The highest BCUT2D eigenvalue weighted by Gasteiger charge is 2.21. The molecule has 2 aromatic carbocycles. The molecule has 0 bridgehead atoms. The van der Waals surface area contributed by atoms with E-state index in [9.17, 15) is 19.0 Å². The maximum atomic E-state index is 14.2. The maximum Gasteiger partial charge on any atom is 0.238 e. The van der Waals surface area contributed by atoms with Crippen molar-refractivity contribution in [2.24, 2.45) is 0 Å². The lowest BCUT2D eigenvalue weighted by Gasteiger charge is -2.17. The monoisotopic (exact) mass is 414 g/mol. The van der Waals surface area contributed by atoms with Gasteiger partial charge in [0.1, 0.15) is 17.4 Å². The van der Waals surface area contributed by atoms with Crippen molar-refractivity contribution in [3.8, 4) is 11.5 Å². The van der Waals surface area contributed by atoms with E-state index in [1.165, 1.54) is 36.2 Å². The standard InChI is InChI=1S/C21H16F2N2O3S/c1-28-16-6-2-4-14(11-16)24-21(29)19(25-9-3-5-15(26)12-25)20(27)17-8-7-13(22)10-18(17)23/h2-12H,1H3,(H2-,24,26,27,29). The van der Waals surface area contributed by atoms with Crippen molar-refractivity contribution in [1.29, 1.82) is 0 Å². The number of pyridine rings is 1. The Morgan fingerprint density at radius 3 is 2.62 bits per heavy atom. The first-order chi connectivity index (χ1) is 13.9. The van der Waals surface area contributed by atoms with E-state index in [-0.39, 0.29) is 22.0 Å². The summed E-state index contributed by atoms with van der Waals surface area (Å²) in [6, 6.07) is 12.4. The summed E-state index contributed by atoms with van der Waals surface area (Å²) >= 11 is 5.40. The van der Waals surface area contributed by atoms with E-state index >= 15 is 0 Å². The Kier molecular flexibility index (Phi) is 6.04. The minimum absolute atomic E-state index is 0.0254. The first-order valence-corrected chi connectivity index (χ1v) is 8.82. The largest absolute Gasteiger partial charge is 0.867 e. The number of benzene rings is 2. The Morgan fingerprint density at radius 1 is 1.14 bits per heavy atom. The summed E-state index contributed by atoms with van der Waals surface area (Å²) in [5.41, 5.74) is 0.0660. The molecule has 0 aliphatic heterocycles. The number of anilines is 1. The average molecular weight is 414 g/mol. The molecule has 0 radical (unpaired) electrons. The quantitative estimate of drug-likeness (QED) is 0.291. The topological polar surface area (TPSA) is 68.4 Å². The van der Waals surface area contributed by atoms with Crippen LogP contribution in [0.4, 0.5) is 14.5 Å². The molecule has 5 nitrogen and oxygen atoms in total. The van der Waals surface area contributed by atoms with E-state index in [1.807, 2.05) is 0 Å². The molecular formula is C21H16F2N2O3S. The number of rotatable bonds is 5. The van der Waals surface area contributed by atoms with Crippen molar-refractivity contribution in [2.75, 3.05) is 12.4 Å². The van der Waals surface area contributed by atoms with E-state index < -0.39 is 17.4 Å². The van der Waals surface area contributed by atoms with Crippen molar-refractivity contribution in [3.63, 3.8) is 0 Å². The van der Waals surface area contributed by atoms with E-state index in [2.05, 4.69) is 5.32 Å². The molecule has 8 heteroatoms. The van der Waals surface area contributed by atoms with Gasteiger partial charge in [-0.1, -0.05) is 18.3 Å². The lowest BCUT2D eigenvalue weighted by Crippen LogP contribution is -2.40. The summed E-state index contributed by atoms with van der Waals surface area (Å²) in [4.78, 5) is -0.0254. The lowest BCUT2D eigenvalue weighted by atomic mass is 10.1. The summed E-state index contributed by atoms with van der Waals surface area (Å²) in [7, 11) is 1.51. The van der Waals surface area contributed by atoms with E-state index in [1.54, 1.807) is 24.3 Å². The van der Waals surface area contributed by atoms with Crippen LogP contribution < -0.4 is 19.7 Å². The highest BCUT2D eigenvalue weighted by molar-refractivity contribution is 7.81. The fraction of sp³-hybridized carbons (Fsp3) is 0.0476. The number of thiocarbonyl (C=S) groups is 1. The molecular weight excluding hydrogens is 398 g/mol. The third-order valence-electron chi connectivity index (χ3n) is 3.98. The Bertz CT molecular complexity index is 1100. The molecule has 0 saturated heterocycles. The number of aromatic hydroxyl groups is 1. The number of halogens is 2. The van der Waals surface area contributed by atoms with Crippen molar-refractivity contribution >= 4 is 34.3 Å². The normalized spacial score (nSPS) is 11.6. The van der Waals surface area contributed by atoms with E-state index in [0.29, 0.717) is 17.5 Å². The van der Waals surface area contributed by atoms with Crippen molar-refractivity contribution in [2.45, 2.75) is 0 Å². The zero-order valence-corrected chi connectivity index (χ0v) is 16.0. The van der Waals surface area contributed by atoms with Crippen LogP contribution in [0.1, 0.15) is 5.56 Å². The number of hydrogen-bond donors (Lipinski definition) is 2. The van der Waals surface area contributed by atoms with E-state index in [4.69, 9.17) is 17.0 Å². The number of methoxy groups -OCH3 is 1. The molecule has 1 heterocycles. The first kappa shape index (κ1) is 20.2. The van der Waals surface area contributed by atoms with Gasteiger partial charge in [-0.3, -0.25) is 0 Å². The molecule has 0 aliphatic rings. The Morgan fingerprint density at radius 2 is 1.93 bits per heavy atom. The smallest absolute Gasteiger partial charge is 0.238 e. The molecule has 3 aromatic rings. The Labute approximate surface area is 171 Å². The van der Waals surface area contributed by atoms with Crippen LogP contribution in [0.3, 0.4) is 0 Å². The van der Waals surface area contributed by atoms with Crippen LogP contribution in [0.15, 0.2) is 67.0 Å². The minimum Gasteiger partial charge on any atom is -0.867 e. The second-order valence-corrected chi connectivity index (χ2v) is 6.37. The van der Waals surface area contributed by atoms with Crippen LogP contribution in [0, 0.1) is 11.6 Å². The first-order valence-electron chi connectivity index (χ1n) is 8.42. The molecule has 0 atom stereocenters. The average Bonchev–Trinajstić information content (AvgIpc) is 2.68. The van der Waals surface area contributed by atoms with Gasteiger partial charge >= 0.3 is 0 Å². The molecule has 2 N–H and O–H groups in total. The zero-order valence-electron chi connectivity index (χ0n) is 15.2. The van der Waals surface area contributed by atoms with Crippen LogP contribution in [-0.2, 0) is 0 Å². The second kappa shape index (κ2) is 8.66. The number of aromatic nitrogens is 1. The fourth-order valence-corrected chi connectivity index (χ4v) is 2.95. The molecule has 0 spiro atoms. The molecule has 0 fully saturated rings. The highest BCUT2D eigenvalue weighted by Crippen LogP contribution is 2.22. The molecule has 0 unspecified atom stereocenters. The molecule has 3 rings (SSSR count).